The Bertz CT molecular complexity index is 526. The number of halogens is 1. The summed E-state index contributed by atoms with van der Waals surface area (Å²) in [7, 11) is 0. The number of primary amides is 1. The first-order chi connectivity index (χ1) is 7.68. The minimum absolute atomic E-state index is 0.0993. The minimum Gasteiger partial charge on any atom is -0.366 e. The number of nitrogens with two attached hydrogens (primary N) is 1. The van der Waals surface area contributed by atoms with E-state index in [0.29, 0.717) is 5.56 Å². The van der Waals surface area contributed by atoms with Crippen LogP contribution in [0.25, 0.3) is 11.1 Å². The van der Waals surface area contributed by atoms with E-state index in [-0.39, 0.29) is 5.56 Å². The van der Waals surface area contributed by atoms with Crippen molar-refractivity contribution in [1.82, 2.24) is 4.98 Å². The molecule has 2 rings (SSSR count). The van der Waals surface area contributed by atoms with Crippen molar-refractivity contribution >= 4 is 5.91 Å². The van der Waals surface area contributed by atoms with Crippen molar-refractivity contribution < 1.29 is 9.18 Å². The molecule has 0 atom stereocenters. The highest BCUT2D eigenvalue weighted by molar-refractivity contribution is 5.93. The molecular formula is C12H9FN2O. The average molecular weight is 216 g/mol. The van der Waals surface area contributed by atoms with Crippen LogP contribution in [0.2, 0.25) is 0 Å². The second-order valence-corrected chi connectivity index (χ2v) is 3.29. The van der Waals surface area contributed by atoms with Crippen molar-refractivity contribution in [2.75, 3.05) is 0 Å². The van der Waals surface area contributed by atoms with Gasteiger partial charge in [-0.2, -0.15) is 0 Å². The van der Waals surface area contributed by atoms with Crippen LogP contribution in [0, 0.1) is 5.82 Å². The summed E-state index contributed by atoms with van der Waals surface area (Å²) < 4.78 is 13.5. The van der Waals surface area contributed by atoms with E-state index in [9.17, 15) is 9.18 Å². The van der Waals surface area contributed by atoms with E-state index >= 15 is 0 Å². The number of pyridine rings is 1. The van der Waals surface area contributed by atoms with E-state index in [4.69, 9.17) is 5.73 Å². The molecule has 2 N–H and O–H groups in total. The van der Waals surface area contributed by atoms with Gasteiger partial charge >= 0.3 is 0 Å². The quantitative estimate of drug-likeness (QED) is 0.834. The Morgan fingerprint density at radius 1 is 1.12 bits per heavy atom. The van der Waals surface area contributed by atoms with Gasteiger partial charge in [0, 0.05) is 12.4 Å². The number of nitrogens with zero attached hydrogens (tertiary/aromatic N) is 1. The Hall–Kier alpha value is -2.23. The molecule has 1 heterocycles. The number of aromatic nitrogens is 1. The van der Waals surface area contributed by atoms with Crippen LogP contribution in [-0.2, 0) is 0 Å². The van der Waals surface area contributed by atoms with Gasteiger partial charge in [-0.05, 0) is 35.4 Å². The summed E-state index contributed by atoms with van der Waals surface area (Å²) in [6, 6.07) is 7.85. The number of rotatable bonds is 2. The topological polar surface area (TPSA) is 56.0 Å². The standard InChI is InChI=1S/C12H9FN2O/c13-11-7-9(1-2-10(11)12(14)16)8-3-5-15-6-4-8/h1-7H,(H2,14,16). The lowest BCUT2D eigenvalue weighted by Crippen LogP contribution is -2.12. The summed E-state index contributed by atoms with van der Waals surface area (Å²) in [5, 5.41) is 0. The van der Waals surface area contributed by atoms with Crippen molar-refractivity contribution in [1.29, 1.82) is 0 Å². The third-order valence-corrected chi connectivity index (χ3v) is 2.25. The van der Waals surface area contributed by atoms with Gasteiger partial charge in [-0.3, -0.25) is 9.78 Å². The molecule has 0 bridgehead atoms. The summed E-state index contributed by atoms with van der Waals surface area (Å²) in [6.07, 6.45) is 3.24. The van der Waals surface area contributed by atoms with Crippen molar-refractivity contribution in [3.8, 4) is 11.1 Å². The zero-order valence-corrected chi connectivity index (χ0v) is 8.35. The molecule has 0 fully saturated rings. The third kappa shape index (κ3) is 1.91. The predicted octanol–water partition coefficient (Wildman–Crippen LogP) is 1.99. The van der Waals surface area contributed by atoms with Crippen LogP contribution in [0.15, 0.2) is 42.7 Å². The first-order valence-corrected chi connectivity index (χ1v) is 4.68. The van der Waals surface area contributed by atoms with Gasteiger partial charge in [-0.1, -0.05) is 6.07 Å². The average Bonchev–Trinajstić information content (AvgIpc) is 2.29. The monoisotopic (exact) mass is 216 g/mol. The number of amides is 1. The maximum atomic E-state index is 13.5. The summed E-state index contributed by atoms with van der Waals surface area (Å²) in [5.74, 6) is -1.37. The highest BCUT2D eigenvalue weighted by atomic mass is 19.1. The first kappa shape index (κ1) is 10.3. The maximum Gasteiger partial charge on any atom is 0.251 e. The fourth-order valence-corrected chi connectivity index (χ4v) is 1.44. The largest absolute Gasteiger partial charge is 0.366 e. The number of carbonyl (C=O) groups excluding carboxylic acids is 1. The van der Waals surface area contributed by atoms with E-state index in [1.165, 1.54) is 12.1 Å². The molecule has 0 aliphatic heterocycles. The number of hydrogen-bond acceptors (Lipinski definition) is 2. The molecular weight excluding hydrogens is 207 g/mol. The first-order valence-electron chi connectivity index (χ1n) is 4.68. The molecule has 0 aliphatic rings. The number of carbonyl (C=O) groups is 1. The van der Waals surface area contributed by atoms with Crippen LogP contribution in [0.5, 0.6) is 0 Å². The lowest BCUT2D eigenvalue weighted by Gasteiger charge is -2.03. The maximum absolute atomic E-state index is 13.5. The summed E-state index contributed by atoms with van der Waals surface area (Å²) in [5.41, 5.74) is 6.44. The zero-order chi connectivity index (χ0) is 11.5. The molecule has 0 aliphatic carbocycles. The third-order valence-electron chi connectivity index (χ3n) is 2.25. The molecule has 1 aromatic heterocycles. The molecule has 0 saturated carbocycles. The molecule has 0 spiro atoms. The van der Waals surface area contributed by atoms with Crippen LogP contribution in [0.1, 0.15) is 10.4 Å². The van der Waals surface area contributed by atoms with Gasteiger partial charge in [0.15, 0.2) is 0 Å². The smallest absolute Gasteiger partial charge is 0.251 e. The van der Waals surface area contributed by atoms with Crippen molar-refractivity contribution in [2.45, 2.75) is 0 Å². The Kier molecular flexibility index (Phi) is 2.64. The Morgan fingerprint density at radius 2 is 1.81 bits per heavy atom. The zero-order valence-electron chi connectivity index (χ0n) is 8.35. The second-order valence-electron chi connectivity index (χ2n) is 3.29. The van der Waals surface area contributed by atoms with Crippen molar-refractivity contribution in [3.63, 3.8) is 0 Å². The normalized spacial score (nSPS) is 10.1. The molecule has 2 aromatic rings. The van der Waals surface area contributed by atoms with Crippen LogP contribution >= 0.6 is 0 Å². The predicted molar refractivity (Wildman–Crippen MR) is 58.1 cm³/mol. The van der Waals surface area contributed by atoms with Gasteiger partial charge in [-0.25, -0.2) is 4.39 Å². The number of hydrogen-bond donors (Lipinski definition) is 1. The minimum atomic E-state index is -0.765. The number of benzene rings is 1. The van der Waals surface area contributed by atoms with Crippen LogP contribution in [0.4, 0.5) is 4.39 Å². The lowest BCUT2D eigenvalue weighted by molar-refractivity contribution is 0.0996. The Morgan fingerprint density at radius 3 is 2.38 bits per heavy atom. The van der Waals surface area contributed by atoms with Crippen LogP contribution < -0.4 is 5.73 Å². The molecule has 80 valence electrons. The second kappa shape index (κ2) is 4.10. The molecule has 1 amide bonds. The van der Waals surface area contributed by atoms with Crippen LogP contribution in [0.3, 0.4) is 0 Å². The van der Waals surface area contributed by atoms with Gasteiger partial charge in [0.1, 0.15) is 5.82 Å². The highest BCUT2D eigenvalue weighted by Crippen LogP contribution is 2.20. The molecule has 0 radical (unpaired) electrons. The van der Waals surface area contributed by atoms with E-state index in [2.05, 4.69) is 4.98 Å². The van der Waals surface area contributed by atoms with Gasteiger partial charge in [-0.15, -0.1) is 0 Å². The van der Waals surface area contributed by atoms with Gasteiger partial charge in [0.2, 0.25) is 0 Å². The molecule has 0 saturated heterocycles. The molecule has 1 aromatic carbocycles. The van der Waals surface area contributed by atoms with Gasteiger partial charge in [0.05, 0.1) is 5.56 Å². The summed E-state index contributed by atoms with van der Waals surface area (Å²) in [6.45, 7) is 0. The fraction of sp³-hybridized carbons (Fsp3) is 0. The molecule has 0 unspecified atom stereocenters. The molecule has 16 heavy (non-hydrogen) atoms. The van der Waals surface area contributed by atoms with Gasteiger partial charge in [0.25, 0.3) is 5.91 Å². The van der Waals surface area contributed by atoms with Crippen LogP contribution in [-0.4, -0.2) is 10.9 Å². The summed E-state index contributed by atoms with van der Waals surface area (Å²) >= 11 is 0. The molecule has 3 nitrogen and oxygen atoms in total. The molecule has 4 heteroatoms. The van der Waals surface area contributed by atoms with Gasteiger partial charge < -0.3 is 5.73 Å². The van der Waals surface area contributed by atoms with E-state index < -0.39 is 11.7 Å². The van der Waals surface area contributed by atoms with E-state index in [1.54, 1.807) is 30.6 Å². The fourth-order valence-electron chi connectivity index (χ4n) is 1.44. The van der Waals surface area contributed by atoms with E-state index in [0.717, 1.165) is 5.56 Å². The van der Waals surface area contributed by atoms with Crippen molar-refractivity contribution in [3.05, 3.63) is 54.1 Å². The van der Waals surface area contributed by atoms with Crippen molar-refractivity contribution in [2.24, 2.45) is 5.73 Å². The Labute approximate surface area is 91.7 Å². The Balaban J connectivity index is 2.46. The SMILES string of the molecule is NC(=O)c1ccc(-c2ccncc2)cc1F. The lowest BCUT2D eigenvalue weighted by atomic mass is 10.0. The summed E-state index contributed by atoms with van der Waals surface area (Å²) in [4.78, 5) is 14.7. The highest BCUT2D eigenvalue weighted by Gasteiger charge is 2.09. The van der Waals surface area contributed by atoms with E-state index in [1.807, 2.05) is 0 Å².